The first-order chi connectivity index (χ1) is 11.9. The maximum absolute atomic E-state index is 12.9. The maximum atomic E-state index is 12.9. The molecule has 0 saturated carbocycles. The molecule has 10 heteroatoms. The lowest BCUT2D eigenvalue weighted by atomic mass is 10.2. The van der Waals surface area contributed by atoms with Crippen LogP contribution >= 0.6 is 0 Å². The third kappa shape index (κ3) is 3.90. The number of hydrogen-bond acceptors (Lipinski definition) is 4. The molecule has 25 heavy (non-hydrogen) atoms. The summed E-state index contributed by atoms with van der Waals surface area (Å²) in [7, 11) is -3.78. The zero-order valence-electron chi connectivity index (χ0n) is 13.4. The first-order valence-corrected chi connectivity index (χ1v) is 9.42. The van der Waals surface area contributed by atoms with Crippen LogP contribution in [-0.4, -0.2) is 68.9 Å². The lowest BCUT2D eigenvalue weighted by molar-refractivity contribution is -0.133. The Bertz CT molecular complexity index is 768. The van der Waals surface area contributed by atoms with Crippen LogP contribution in [0.5, 0.6) is 0 Å². The number of nitrogens with one attached hydrogen (secondary N) is 2. The van der Waals surface area contributed by atoms with Crippen molar-refractivity contribution >= 4 is 22.0 Å². The van der Waals surface area contributed by atoms with E-state index in [2.05, 4.69) is 10.0 Å². The highest BCUT2D eigenvalue weighted by atomic mass is 32.2. The van der Waals surface area contributed by atoms with E-state index in [4.69, 9.17) is 0 Å². The molecular weight excluding hydrogens is 351 g/mol. The second kappa shape index (κ2) is 6.96. The highest BCUT2D eigenvalue weighted by Crippen LogP contribution is 2.15. The van der Waals surface area contributed by atoms with Crippen LogP contribution in [0.4, 0.5) is 9.18 Å². The Hall–Kier alpha value is -2.20. The molecule has 0 radical (unpaired) electrons. The smallest absolute Gasteiger partial charge is 0.317 e. The number of fused-ring (bicyclic) bond motifs is 1. The Morgan fingerprint density at radius 1 is 1.28 bits per heavy atom. The average Bonchev–Trinajstić information content (AvgIpc) is 2.95. The molecule has 0 aliphatic carbocycles. The second-order valence-electron chi connectivity index (χ2n) is 5.97. The molecule has 136 valence electrons. The van der Waals surface area contributed by atoms with Crippen molar-refractivity contribution in [1.29, 1.82) is 0 Å². The Kier molecular flexibility index (Phi) is 4.91. The van der Waals surface area contributed by atoms with Crippen molar-refractivity contribution < 1.29 is 22.4 Å². The van der Waals surface area contributed by atoms with Crippen molar-refractivity contribution in [2.45, 2.75) is 17.4 Å². The van der Waals surface area contributed by atoms with Gasteiger partial charge in [0.25, 0.3) is 0 Å². The number of carbonyl (C=O) groups excluding carboxylic acids is 2. The summed E-state index contributed by atoms with van der Waals surface area (Å²) in [5.74, 6) is -0.686. The molecule has 1 aromatic carbocycles. The van der Waals surface area contributed by atoms with Crippen LogP contribution in [0.25, 0.3) is 0 Å². The zero-order chi connectivity index (χ0) is 18.0. The number of piperazine rings is 1. The first kappa shape index (κ1) is 17.6. The summed E-state index contributed by atoms with van der Waals surface area (Å²) >= 11 is 0. The Morgan fingerprint density at radius 2 is 2.00 bits per heavy atom. The number of rotatable bonds is 5. The van der Waals surface area contributed by atoms with Gasteiger partial charge in [0.1, 0.15) is 5.82 Å². The molecule has 2 N–H and O–H groups in total. The Morgan fingerprint density at radius 3 is 2.72 bits per heavy atom. The van der Waals surface area contributed by atoms with E-state index in [-0.39, 0.29) is 35.8 Å². The molecule has 0 bridgehead atoms. The van der Waals surface area contributed by atoms with E-state index in [0.717, 1.165) is 12.1 Å². The van der Waals surface area contributed by atoms with Crippen LogP contribution in [0, 0.1) is 5.82 Å². The largest absolute Gasteiger partial charge is 0.339 e. The van der Waals surface area contributed by atoms with E-state index in [9.17, 15) is 22.4 Å². The van der Waals surface area contributed by atoms with Gasteiger partial charge in [-0.1, -0.05) is 0 Å². The number of benzene rings is 1. The Labute approximate surface area is 145 Å². The van der Waals surface area contributed by atoms with Gasteiger partial charge in [-0.3, -0.25) is 4.79 Å². The molecule has 3 amide bonds. The van der Waals surface area contributed by atoms with Crippen LogP contribution in [-0.2, 0) is 14.8 Å². The van der Waals surface area contributed by atoms with Crippen molar-refractivity contribution in [3.63, 3.8) is 0 Å². The van der Waals surface area contributed by atoms with E-state index in [0.29, 0.717) is 26.2 Å². The lowest BCUT2D eigenvalue weighted by Gasteiger charge is -2.36. The summed E-state index contributed by atoms with van der Waals surface area (Å²) < 4.78 is 39.4. The fourth-order valence-electron chi connectivity index (χ4n) is 2.98. The molecule has 2 fully saturated rings. The average molecular weight is 370 g/mol. The van der Waals surface area contributed by atoms with Gasteiger partial charge in [-0.05, 0) is 24.3 Å². The molecule has 0 unspecified atom stereocenters. The Balaban J connectivity index is 1.49. The van der Waals surface area contributed by atoms with E-state index in [1.165, 1.54) is 12.1 Å². The third-order valence-electron chi connectivity index (χ3n) is 4.34. The van der Waals surface area contributed by atoms with Crippen LogP contribution in [0.3, 0.4) is 0 Å². The van der Waals surface area contributed by atoms with Gasteiger partial charge in [-0.2, -0.15) is 0 Å². The first-order valence-electron chi connectivity index (χ1n) is 7.94. The summed E-state index contributed by atoms with van der Waals surface area (Å²) in [5, 5.41) is 2.74. The minimum absolute atomic E-state index is 0.0223. The zero-order valence-corrected chi connectivity index (χ0v) is 14.3. The van der Waals surface area contributed by atoms with Gasteiger partial charge in [0.15, 0.2) is 0 Å². The number of halogens is 1. The highest BCUT2D eigenvalue weighted by Gasteiger charge is 2.36. The van der Waals surface area contributed by atoms with Gasteiger partial charge in [0, 0.05) is 39.1 Å². The normalized spacial score (nSPS) is 20.4. The van der Waals surface area contributed by atoms with Gasteiger partial charge in [0.05, 0.1) is 10.9 Å². The van der Waals surface area contributed by atoms with Crippen LogP contribution < -0.4 is 10.0 Å². The minimum Gasteiger partial charge on any atom is -0.339 e. The van der Waals surface area contributed by atoms with Gasteiger partial charge >= 0.3 is 6.03 Å². The molecule has 0 aromatic heterocycles. The molecule has 2 aliphatic rings. The van der Waals surface area contributed by atoms with Crippen LogP contribution in [0.15, 0.2) is 29.2 Å². The summed E-state index contributed by atoms with van der Waals surface area (Å²) in [4.78, 5) is 27.1. The summed E-state index contributed by atoms with van der Waals surface area (Å²) in [6.45, 7) is 1.83. The molecule has 0 spiro atoms. The van der Waals surface area contributed by atoms with E-state index in [1.807, 2.05) is 0 Å². The molecular formula is C15H19FN4O4S. The topological polar surface area (TPSA) is 98.8 Å². The van der Waals surface area contributed by atoms with E-state index >= 15 is 0 Å². The van der Waals surface area contributed by atoms with E-state index < -0.39 is 15.8 Å². The monoisotopic (exact) mass is 370 g/mol. The SMILES string of the molecule is O=C(CCNS(=O)(=O)c1ccc(F)cc1)N1CCN2C(=O)NC[C@H]2C1. The van der Waals surface area contributed by atoms with Crippen molar-refractivity contribution in [3.8, 4) is 0 Å². The van der Waals surface area contributed by atoms with Gasteiger partial charge in [-0.25, -0.2) is 22.3 Å². The fourth-order valence-corrected chi connectivity index (χ4v) is 4.01. The highest BCUT2D eigenvalue weighted by molar-refractivity contribution is 7.89. The molecule has 2 heterocycles. The van der Waals surface area contributed by atoms with Crippen LogP contribution in [0.1, 0.15) is 6.42 Å². The second-order valence-corrected chi connectivity index (χ2v) is 7.74. The molecule has 1 atom stereocenters. The fraction of sp³-hybridized carbons (Fsp3) is 0.467. The number of amides is 3. The van der Waals surface area contributed by atoms with Crippen molar-refractivity contribution in [2.24, 2.45) is 0 Å². The molecule has 3 rings (SSSR count). The number of hydrogen-bond donors (Lipinski definition) is 2. The summed E-state index contributed by atoms with van der Waals surface area (Å²) in [5.41, 5.74) is 0. The van der Waals surface area contributed by atoms with Gasteiger partial charge in [-0.15, -0.1) is 0 Å². The van der Waals surface area contributed by atoms with Crippen molar-refractivity contribution in [3.05, 3.63) is 30.1 Å². The number of nitrogens with zero attached hydrogens (tertiary/aromatic N) is 2. The molecule has 2 aliphatic heterocycles. The van der Waals surface area contributed by atoms with E-state index in [1.54, 1.807) is 9.80 Å². The van der Waals surface area contributed by atoms with Crippen molar-refractivity contribution in [2.75, 3.05) is 32.7 Å². The predicted molar refractivity (Wildman–Crippen MR) is 86.7 cm³/mol. The number of urea groups is 1. The third-order valence-corrected chi connectivity index (χ3v) is 5.82. The summed E-state index contributed by atoms with van der Waals surface area (Å²) in [6, 6.07) is 4.34. The maximum Gasteiger partial charge on any atom is 0.317 e. The lowest BCUT2D eigenvalue weighted by Crippen LogP contribution is -2.54. The predicted octanol–water partition coefficient (Wildman–Crippen LogP) is -0.270. The standard InChI is InChI=1S/C15H19FN4O4S/c16-11-1-3-13(4-2-11)25(23,24)18-6-5-14(21)19-7-8-20-12(10-19)9-17-15(20)22/h1-4,12,18H,5-10H2,(H,17,22)/t12-/m0/s1. The van der Waals surface area contributed by atoms with Crippen molar-refractivity contribution in [1.82, 2.24) is 19.8 Å². The number of sulfonamides is 1. The molecule has 1 aromatic rings. The summed E-state index contributed by atoms with van der Waals surface area (Å²) in [6.07, 6.45) is 0.0223. The van der Waals surface area contributed by atoms with Gasteiger partial charge in [0.2, 0.25) is 15.9 Å². The molecule has 8 nitrogen and oxygen atoms in total. The van der Waals surface area contributed by atoms with Gasteiger partial charge < -0.3 is 15.1 Å². The quantitative estimate of drug-likeness (QED) is 0.745. The minimum atomic E-state index is -3.78. The van der Waals surface area contributed by atoms with Crippen LogP contribution in [0.2, 0.25) is 0 Å². The number of carbonyl (C=O) groups is 2. The molecule has 2 saturated heterocycles.